The van der Waals surface area contributed by atoms with E-state index >= 15 is 0 Å². The number of nitrogen functional groups attached to an aromatic ring is 2. The summed E-state index contributed by atoms with van der Waals surface area (Å²) in [6, 6.07) is 9.96. The van der Waals surface area contributed by atoms with E-state index in [9.17, 15) is 0 Å². The molecule has 1 saturated heterocycles. The summed E-state index contributed by atoms with van der Waals surface area (Å²) in [7, 11) is 0. The van der Waals surface area contributed by atoms with Crippen molar-refractivity contribution in [1.29, 1.82) is 0 Å². The smallest absolute Gasteiger partial charge is 0.224 e. The first kappa shape index (κ1) is 15.6. The lowest BCUT2D eigenvalue weighted by molar-refractivity contribution is 0.0926. The average Bonchev–Trinajstić information content (AvgIpc) is 2.98. The zero-order chi connectivity index (χ0) is 17.4. The van der Waals surface area contributed by atoms with Crippen LogP contribution < -0.4 is 16.4 Å². The van der Waals surface area contributed by atoms with Crippen LogP contribution in [0.25, 0.3) is 16.7 Å². The molecule has 2 aromatic heterocycles. The summed E-state index contributed by atoms with van der Waals surface area (Å²) in [6.45, 7) is 4.27. The third-order valence-electron chi connectivity index (χ3n) is 4.54. The molecule has 0 spiro atoms. The van der Waals surface area contributed by atoms with Crippen LogP contribution >= 0.6 is 0 Å². The van der Waals surface area contributed by atoms with Crippen LogP contribution in [0.3, 0.4) is 0 Å². The second-order valence-electron chi connectivity index (χ2n) is 6.09. The summed E-state index contributed by atoms with van der Waals surface area (Å²) < 4.78 is 7.30. The van der Waals surface area contributed by atoms with Gasteiger partial charge in [0.1, 0.15) is 5.82 Å². The van der Waals surface area contributed by atoms with E-state index in [2.05, 4.69) is 26.9 Å². The summed E-state index contributed by atoms with van der Waals surface area (Å²) in [5, 5.41) is 5.32. The highest BCUT2D eigenvalue weighted by atomic mass is 16.5. The van der Waals surface area contributed by atoms with E-state index in [-0.39, 0.29) is 12.0 Å². The zero-order valence-electron chi connectivity index (χ0n) is 14.1. The van der Waals surface area contributed by atoms with E-state index in [0.29, 0.717) is 24.8 Å². The van der Waals surface area contributed by atoms with Crippen molar-refractivity contribution in [2.24, 2.45) is 0 Å². The number of ether oxygens (including phenoxy) is 1. The van der Waals surface area contributed by atoms with Gasteiger partial charge in [-0.15, -0.1) is 5.10 Å². The molecule has 0 radical (unpaired) electrons. The van der Waals surface area contributed by atoms with E-state index in [1.54, 1.807) is 4.68 Å². The first-order valence-electron chi connectivity index (χ1n) is 8.40. The summed E-state index contributed by atoms with van der Waals surface area (Å²) in [5.41, 5.74) is 12.9. The molecule has 3 aromatic rings. The Bertz CT molecular complexity index is 907. The fourth-order valence-corrected chi connectivity index (χ4v) is 3.26. The Labute approximate surface area is 145 Å². The molecule has 8 heteroatoms. The van der Waals surface area contributed by atoms with Crippen molar-refractivity contribution < 1.29 is 4.74 Å². The van der Waals surface area contributed by atoms with Crippen LogP contribution in [-0.2, 0) is 4.74 Å². The summed E-state index contributed by atoms with van der Waals surface area (Å²) in [5.74, 6) is 2.08. The first-order valence-corrected chi connectivity index (χ1v) is 8.40. The predicted octanol–water partition coefficient (Wildman–Crippen LogP) is 1.60. The molecule has 3 heterocycles. The Hall–Kier alpha value is -2.87. The fraction of sp³-hybridized carbons (Fsp3) is 0.353. The molecule has 8 nitrogen and oxygen atoms in total. The van der Waals surface area contributed by atoms with Gasteiger partial charge in [-0.25, -0.2) is 4.68 Å². The van der Waals surface area contributed by atoms with Crippen LogP contribution in [0.15, 0.2) is 30.3 Å². The molecule has 0 aliphatic carbocycles. The van der Waals surface area contributed by atoms with Gasteiger partial charge in [0.05, 0.1) is 24.8 Å². The normalized spacial score (nSPS) is 18.0. The maximum atomic E-state index is 6.04. The fourth-order valence-electron chi connectivity index (χ4n) is 3.26. The molecule has 25 heavy (non-hydrogen) atoms. The Kier molecular flexibility index (Phi) is 3.89. The largest absolute Gasteiger partial charge is 0.382 e. The minimum atomic E-state index is 0.215. The van der Waals surface area contributed by atoms with Crippen molar-refractivity contribution in [3.8, 4) is 5.82 Å². The van der Waals surface area contributed by atoms with Crippen LogP contribution in [-0.4, -0.2) is 45.5 Å². The standard InChI is InChI=1S/C17H21N7O/c1-2-11-10-25-8-7-23(11)14-9-15(21-17(19)20-14)24-13-6-4-3-5-12(13)16(18)22-24/h3-6,9,11H,2,7-8,10H2,1H3,(H2,18,22)(H2,19,20,21)/t11-/m1/s1. The van der Waals surface area contributed by atoms with Crippen LogP contribution in [0, 0.1) is 0 Å². The molecule has 4 rings (SSSR count). The van der Waals surface area contributed by atoms with Gasteiger partial charge in [0.25, 0.3) is 0 Å². The number of para-hydroxylation sites is 1. The Morgan fingerprint density at radius 2 is 2.00 bits per heavy atom. The van der Waals surface area contributed by atoms with Crippen molar-refractivity contribution in [3.63, 3.8) is 0 Å². The van der Waals surface area contributed by atoms with Crippen LogP contribution in [0.5, 0.6) is 0 Å². The van der Waals surface area contributed by atoms with Gasteiger partial charge in [0.2, 0.25) is 5.95 Å². The van der Waals surface area contributed by atoms with E-state index < -0.39 is 0 Å². The summed E-state index contributed by atoms with van der Waals surface area (Å²) in [6.07, 6.45) is 0.969. The van der Waals surface area contributed by atoms with Crippen LogP contribution in [0.1, 0.15) is 13.3 Å². The number of aromatic nitrogens is 4. The molecule has 0 amide bonds. The number of nitrogens with zero attached hydrogens (tertiary/aromatic N) is 5. The lowest BCUT2D eigenvalue weighted by atomic mass is 10.2. The number of hydrogen-bond acceptors (Lipinski definition) is 7. The van der Waals surface area contributed by atoms with Crippen LogP contribution in [0.4, 0.5) is 17.6 Å². The molecule has 130 valence electrons. The number of rotatable bonds is 3. The number of anilines is 3. The summed E-state index contributed by atoms with van der Waals surface area (Å²) in [4.78, 5) is 11.0. The maximum absolute atomic E-state index is 6.04. The maximum Gasteiger partial charge on any atom is 0.224 e. The molecule has 1 fully saturated rings. The Morgan fingerprint density at radius 3 is 2.84 bits per heavy atom. The van der Waals surface area contributed by atoms with Gasteiger partial charge in [-0.3, -0.25) is 0 Å². The molecule has 0 unspecified atom stereocenters. The number of morpholine rings is 1. The number of hydrogen-bond donors (Lipinski definition) is 2. The minimum absolute atomic E-state index is 0.215. The molecule has 1 aliphatic rings. The van der Waals surface area contributed by atoms with E-state index in [1.807, 2.05) is 30.3 Å². The lowest BCUT2D eigenvalue weighted by Gasteiger charge is -2.36. The van der Waals surface area contributed by atoms with Gasteiger partial charge >= 0.3 is 0 Å². The second kappa shape index (κ2) is 6.21. The molecule has 0 saturated carbocycles. The number of nitrogens with two attached hydrogens (primary N) is 2. The molecule has 1 aliphatic heterocycles. The van der Waals surface area contributed by atoms with Crippen molar-refractivity contribution in [2.75, 3.05) is 36.1 Å². The first-order chi connectivity index (χ1) is 12.2. The zero-order valence-corrected chi connectivity index (χ0v) is 14.1. The third kappa shape index (κ3) is 2.74. The number of fused-ring (bicyclic) bond motifs is 1. The van der Waals surface area contributed by atoms with Crippen molar-refractivity contribution in [2.45, 2.75) is 19.4 Å². The SMILES string of the molecule is CC[C@@H]1COCCN1c1cc(-n2nc(N)c3ccccc32)nc(N)n1. The monoisotopic (exact) mass is 339 g/mol. The highest BCUT2D eigenvalue weighted by molar-refractivity contribution is 5.90. The van der Waals surface area contributed by atoms with Crippen LogP contribution in [0.2, 0.25) is 0 Å². The molecule has 1 atom stereocenters. The van der Waals surface area contributed by atoms with Gasteiger partial charge < -0.3 is 21.1 Å². The molecular formula is C17H21N7O. The van der Waals surface area contributed by atoms with Crippen molar-refractivity contribution in [3.05, 3.63) is 30.3 Å². The van der Waals surface area contributed by atoms with Gasteiger partial charge in [0, 0.05) is 18.0 Å². The average molecular weight is 339 g/mol. The van der Waals surface area contributed by atoms with Gasteiger partial charge in [-0.05, 0) is 18.6 Å². The van der Waals surface area contributed by atoms with E-state index in [4.69, 9.17) is 16.2 Å². The summed E-state index contributed by atoms with van der Waals surface area (Å²) >= 11 is 0. The highest BCUT2D eigenvalue weighted by Gasteiger charge is 2.24. The lowest BCUT2D eigenvalue weighted by Crippen LogP contribution is -2.45. The van der Waals surface area contributed by atoms with Gasteiger partial charge in [0.15, 0.2) is 11.6 Å². The Balaban J connectivity index is 1.82. The van der Waals surface area contributed by atoms with Gasteiger partial charge in [-0.1, -0.05) is 19.1 Å². The van der Waals surface area contributed by atoms with Gasteiger partial charge in [-0.2, -0.15) is 9.97 Å². The molecule has 0 bridgehead atoms. The van der Waals surface area contributed by atoms with Crippen molar-refractivity contribution >= 4 is 28.5 Å². The highest BCUT2D eigenvalue weighted by Crippen LogP contribution is 2.26. The number of benzene rings is 1. The minimum Gasteiger partial charge on any atom is -0.382 e. The Morgan fingerprint density at radius 1 is 1.20 bits per heavy atom. The second-order valence-corrected chi connectivity index (χ2v) is 6.09. The molecular weight excluding hydrogens is 318 g/mol. The molecule has 1 aromatic carbocycles. The predicted molar refractivity (Wildman–Crippen MR) is 97.7 cm³/mol. The molecule has 4 N–H and O–H groups in total. The van der Waals surface area contributed by atoms with Crippen molar-refractivity contribution in [1.82, 2.24) is 19.7 Å². The van der Waals surface area contributed by atoms with E-state index in [0.717, 1.165) is 29.7 Å². The topological polar surface area (TPSA) is 108 Å². The van der Waals surface area contributed by atoms with E-state index in [1.165, 1.54) is 0 Å². The third-order valence-corrected chi connectivity index (χ3v) is 4.54. The quantitative estimate of drug-likeness (QED) is 0.746.